The highest BCUT2D eigenvalue weighted by molar-refractivity contribution is 6.31. The number of benzene rings is 3. The molecule has 0 fully saturated rings. The minimum atomic E-state index is -0.577. The molecule has 3 aromatic carbocycles. The summed E-state index contributed by atoms with van der Waals surface area (Å²) in [6, 6.07) is 17.5. The number of pyridine rings is 1. The third kappa shape index (κ3) is 3.75. The molecule has 0 aliphatic carbocycles. The van der Waals surface area contributed by atoms with Gasteiger partial charge >= 0.3 is 0 Å². The van der Waals surface area contributed by atoms with Gasteiger partial charge in [0.15, 0.2) is 0 Å². The van der Waals surface area contributed by atoms with E-state index < -0.39 is 11.7 Å². The Morgan fingerprint density at radius 2 is 1.62 bits per heavy atom. The molecule has 29 heavy (non-hydrogen) atoms. The van der Waals surface area contributed by atoms with Crippen LogP contribution in [-0.4, -0.2) is 10.5 Å². The molecular weight excluding hydrogens is 414 g/mol. The van der Waals surface area contributed by atoms with Gasteiger partial charge in [-0.3, -0.25) is 14.2 Å². The first kappa shape index (κ1) is 19.2. The average Bonchev–Trinajstić information content (AvgIpc) is 2.72. The molecule has 0 aliphatic heterocycles. The van der Waals surface area contributed by atoms with Crippen LogP contribution in [0.4, 0.5) is 10.1 Å². The van der Waals surface area contributed by atoms with E-state index in [1.807, 2.05) is 0 Å². The van der Waals surface area contributed by atoms with Crippen molar-refractivity contribution in [2.45, 2.75) is 0 Å². The Balaban J connectivity index is 1.85. The summed E-state index contributed by atoms with van der Waals surface area (Å²) in [5, 5.41) is 4.04. The van der Waals surface area contributed by atoms with Crippen LogP contribution >= 0.6 is 23.2 Å². The van der Waals surface area contributed by atoms with Gasteiger partial charge in [0.2, 0.25) is 0 Å². The number of halogens is 3. The normalized spacial score (nSPS) is 10.9. The lowest BCUT2D eigenvalue weighted by atomic mass is 10.1. The summed E-state index contributed by atoms with van der Waals surface area (Å²) in [5.74, 6) is -1.03. The van der Waals surface area contributed by atoms with Crippen LogP contribution in [0.1, 0.15) is 10.4 Å². The first-order chi connectivity index (χ1) is 13.9. The molecule has 4 nitrogen and oxygen atoms in total. The third-order valence-electron chi connectivity index (χ3n) is 4.45. The average molecular weight is 427 g/mol. The fourth-order valence-corrected chi connectivity index (χ4v) is 3.34. The van der Waals surface area contributed by atoms with E-state index in [2.05, 4.69) is 5.32 Å². The van der Waals surface area contributed by atoms with Gasteiger partial charge < -0.3 is 5.32 Å². The summed E-state index contributed by atoms with van der Waals surface area (Å²) in [5.41, 5.74) is 0.943. The lowest BCUT2D eigenvalue weighted by Crippen LogP contribution is -2.22. The number of hydrogen-bond acceptors (Lipinski definition) is 2. The molecule has 4 rings (SSSR count). The van der Waals surface area contributed by atoms with Crippen LogP contribution in [0.25, 0.3) is 16.5 Å². The number of carbonyl (C=O) groups is 1. The van der Waals surface area contributed by atoms with Gasteiger partial charge in [-0.05, 0) is 48.5 Å². The highest BCUT2D eigenvalue weighted by atomic mass is 35.5. The summed E-state index contributed by atoms with van der Waals surface area (Å²) in [6.45, 7) is 0. The second-order valence-corrected chi connectivity index (χ2v) is 7.17. The summed E-state index contributed by atoms with van der Waals surface area (Å²) < 4.78 is 14.8. The predicted molar refractivity (Wildman–Crippen MR) is 114 cm³/mol. The van der Waals surface area contributed by atoms with E-state index in [1.54, 1.807) is 48.5 Å². The Morgan fingerprint density at radius 3 is 2.31 bits per heavy atom. The van der Waals surface area contributed by atoms with Crippen molar-refractivity contribution in [1.29, 1.82) is 0 Å². The van der Waals surface area contributed by atoms with Gasteiger partial charge in [0.25, 0.3) is 11.5 Å². The van der Waals surface area contributed by atoms with Crippen LogP contribution in [0.5, 0.6) is 0 Å². The molecule has 0 atom stereocenters. The maximum absolute atomic E-state index is 13.4. The van der Waals surface area contributed by atoms with E-state index in [1.165, 1.54) is 29.0 Å². The molecule has 0 saturated heterocycles. The first-order valence-electron chi connectivity index (χ1n) is 8.61. The number of rotatable bonds is 3. The second-order valence-electron chi connectivity index (χ2n) is 6.32. The zero-order chi connectivity index (χ0) is 20.5. The molecule has 0 radical (unpaired) electrons. The highest BCUT2D eigenvalue weighted by Gasteiger charge is 2.16. The van der Waals surface area contributed by atoms with Crippen LogP contribution in [-0.2, 0) is 0 Å². The molecule has 0 unspecified atom stereocenters. The molecular formula is C22H13Cl2FN2O2. The van der Waals surface area contributed by atoms with Crippen molar-refractivity contribution in [3.8, 4) is 5.69 Å². The van der Waals surface area contributed by atoms with Crippen LogP contribution in [0.3, 0.4) is 0 Å². The molecule has 144 valence electrons. The quantitative estimate of drug-likeness (QED) is 0.457. The van der Waals surface area contributed by atoms with Crippen LogP contribution < -0.4 is 10.9 Å². The summed E-state index contributed by atoms with van der Waals surface area (Å²) in [4.78, 5) is 26.0. The zero-order valence-corrected chi connectivity index (χ0v) is 16.3. The van der Waals surface area contributed by atoms with Gasteiger partial charge in [0.1, 0.15) is 5.82 Å². The fraction of sp³-hybridized carbons (Fsp3) is 0. The van der Waals surface area contributed by atoms with Crippen molar-refractivity contribution in [2.75, 3.05) is 5.32 Å². The second kappa shape index (κ2) is 7.70. The largest absolute Gasteiger partial charge is 0.322 e. The van der Waals surface area contributed by atoms with Gasteiger partial charge in [-0.1, -0.05) is 41.4 Å². The summed E-state index contributed by atoms with van der Waals surface area (Å²) >= 11 is 11.7. The molecule has 1 amide bonds. The van der Waals surface area contributed by atoms with Crippen LogP contribution in [0, 0.1) is 5.82 Å². The predicted octanol–water partition coefficient (Wildman–Crippen LogP) is 5.69. The Kier molecular flexibility index (Phi) is 5.09. The van der Waals surface area contributed by atoms with Crippen molar-refractivity contribution in [1.82, 2.24) is 4.57 Å². The Bertz CT molecular complexity index is 1300. The number of hydrogen-bond donors (Lipinski definition) is 1. The van der Waals surface area contributed by atoms with Crippen molar-refractivity contribution >= 4 is 45.6 Å². The number of carbonyl (C=O) groups excluding carboxylic acids is 1. The number of nitrogens with zero attached hydrogens (tertiary/aromatic N) is 1. The van der Waals surface area contributed by atoms with E-state index >= 15 is 0 Å². The van der Waals surface area contributed by atoms with Gasteiger partial charge in [0.05, 0.1) is 10.6 Å². The lowest BCUT2D eigenvalue weighted by Gasteiger charge is -2.13. The van der Waals surface area contributed by atoms with Crippen LogP contribution in [0.15, 0.2) is 77.7 Å². The Hall–Kier alpha value is -3.15. The summed E-state index contributed by atoms with van der Waals surface area (Å²) in [6.07, 6.45) is 1.48. The lowest BCUT2D eigenvalue weighted by molar-refractivity contribution is 0.102. The molecule has 0 spiro atoms. The zero-order valence-electron chi connectivity index (χ0n) is 14.8. The smallest absolute Gasteiger partial charge is 0.262 e. The van der Waals surface area contributed by atoms with E-state index in [0.717, 1.165) is 0 Å². The fourth-order valence-electron chi connectivity index (χ4n) is 3.04. The molecule has 0 saturated carbocycles. The standard InChI is InChI=1S/C22H13Cl2FN2O2/c23-13-5-8-15(9-6-13)27-12-18(16-3-1-2-4-17(16)22(27)29)21(28)26-14-7-10-20(25)19(24)11-14/h1-12H,(H,26,28). The number of aromatic nitrogens is 1. The maximum Gasteiger partial charge on any atom is 0.262 e. The number of amides is 1. The number of nitrogens with one attached hydrogen (secondary N) is 1. The van der Waals surface area contributed by atoms with Crippen molar-refractivity contribution < 1.29 is 9.18 Å². The van der Waals surface area contributed by atoms with Crippen molar-refractivity contribution in [3.63, 3.8) is 0 Å². The van der Waals surface area contributed by atoms with Gasteiger partial charge in [0, 0.05) is 33.4 Å². The molecule has 0 aliphatic rings. The van der Waals surface area contributed by atoms with Crippen LogP contribution in [0.2, 0.25) is 10.0 Å². The van der Waals surface area contributed by atoms with Gasteiger partial charge in [-0.2, -0.15) is 0 Å². The topological polar surface area (TPSA) is 51.1 Å². The third-order valence-corrected chi connectivity index (χ3v) is 4.99. The SMILES string of the molecule is O=C(Nc1ccc(F)c(Cl)c1)c1cn(-c2ccc(Cl)cc2)c(=O)c2ccccc12. The molecule has 4 aromatic rings. The Labute approximate surface area is 175 Å². The van der Waals surface area contributed by atoms with E-state index in [4.69, 9.17) is 23.2 Å². The van der Waals surface area contributed by atoms with E-state index in [-0.39, 0.29) is 16.1 Å². The van der Waals surface area contributed by atoms with Gasteiger partial charge in [-0.15, -0.1) is 0 Å². The maximum atomic E-state index is 13.4. The minimum Gasteiger partial charge on any atom is -0.322 e. The first-order valence-corrected chi connectivity index (χ1v) is 9.36. The van der Waals surface area contributed by atoms with E-state index in [0.29, 0.717) is 27.2 Å². The highest BCUT2D eigenvalue weighted by Crippen LogP contribution is 2.23. The van der Waals surface area contributed by atoms with Crippen molar-refractivity contribution in [2.24, 2.45) is 0 Å². The molecule has 0 bridgehead atoms. The molecule has 1 heterocycles. The molecule has 1 aromatic heterocycles. The number of anilines is 1. The monoisotopic (exact) mass is 426 g/mol. The van der Waals surface area contributed by atoms with E-state index in [9.17, 15) is 14.0 Å². The summed E-state index contributed by atoms with van der Waals surface area (Å²) in [7, 11) is 0. The van der Waals surface area contributed by atoms with Crippen molar-refractivity contribution in [3.05, 3.63) is 105 Å². The minimum absolute atomic E-state index is 0.0983. The van der Waals surface area contributed by atoms with Gasteiger partial charge in [-0.25, -0.2) is 4.39 Å². The molecule has 1 N–H and O–H groups in total. The Morgan fingerprint density at radius 1 is 0.931 bits per heavy atom. The number of fused-ring (bicyclic) bond motifs is 1. The molecule has 7 heteroatoms.